The van der Waals surface area contributed by atoms with Gasteiger partial charge >= 0.3 is 0 Å². The summed E-state index contributed by atoms with van der Waals surface area (Å²) in [4.78, 5) is 1.96. The van der Waals surface area contributed by atoms with E-state index in [1.165, 1.54) is 12.1 Å². The number of hydrogen-bond donors (Lipinski definition) is 1. The van der Waals surface area contributed by atoms with Crippen LogP contribution in [0.3, 0.4) is 0 Å². The van der Waals surface area contributed by atoms with Crippen molar-refractivity contribution in [1.29, 1.82) is 0 Å². The minimum atomic E-state index is -0.240. The second-order valence-electron chi connectivity index (χ2n) is 5.04. The molecule has 0 fully saturated rings. The third-order valence-electron chi connectivity index (χ3n) is 3.41. The number of nitrogens with two attached hydrogens (primary N) is 1. The van der Waals surface area contributed by atoms with Crippen LogP contribution in [-0.4, -0.2) is 20.3 Å². The first-order valence-electron chi connectivity index (χ1n) is 6.78. The number of nitrogens with zero attached hydrogens (tertiary/aromatic N) is 1. The highest BCUT2D eigenvalue weighted by Gasteiger charge is 2.16. The van der Waals surface area contributed by atoms with Crippen LogP contribution < -0.4 is 20.1 Å². The molecule has 0 amide bonds. The third kappa shape index (κ3) is 2.86. The van der Waals surface area contributed by atoms with Crippen LogP contribution in [0, 0.1) is 5.82 Å². The standard InChI is InChI=1S/C16H17FN2O2/c1-19(10-11-3-2-4-12(17)7-11)14-9-16-15(8-13(14)18)20-5-6-21-16/h2-4,7-9H,5-6,10,18H2,1H3. The van der Waals surface area contributed by atoms with Crippen molar-refractivity contribution in [3.8, 4) is 11.5 Å². The first kappa shape index (κ1) is 13.5. The van der Waals surface area contributed by atoms with E-state index in [-0.39, 0.29) is 5.82 Å². The predicted molar refractivity (Wildman–Crippen MR) is 80.4 cm³/mol. The molecule has 0 bridgehead atoms. The Morgan fingerprint density at radius 2 is 1.86 bits per heavy atom. The highest BCUT2D eigenvalue weighted by atomic mass is 19.1. The number of hydrogen-bond acceptors (Lipinski definition) is 4. The van der Waals surface area contributed by atoms with Crippen LogP contribution in [-0.2, 0) is 6.54 Å². The molecule has 1 aliphatic rings. The van der Waals surface area contributed by atoms with Gasteiger partial charge in [-0.2, -0.15) is 0 Å². The number of halogens is 1. The molecule has 4 nitrogen and oxygen atoms in total. The van der Waals surface area contributed by atoms with Gasteiger partial charge in [-0.25, -0.2) is 4.39 Å². The summed E-state index contributed by atoms with van der Waals surface area (Å²) in [5.41, 5.74) is 8.41. The molecule has 2 aromatic rings. The highest BCUT2D eigenvalue weighted by molar-refractivity contribution is 5.73. The van der Waals surface area contributed by atoms with Gasteiger partial charge in [0, 0.05) is 25.7 Å². The van der Waals surface area contributed by atoms with E-state index in [0.29, 0.717) is 36.9 Å². The van der Waals surface area contributed by atoms with E-state index < -0.39 is 0 Å². The van der Waals surface area contributed by atoms with Crippen molar-refractivity contribution < 1.29 is 13.9 Å². The number of benzene rings is 2. The van der Waals surface area contributed by atoms with Crippen molar-refractivity contribution in [3.05, 3.63) is 47.8 Å². The van der Waals surface area contributed by atoms with Gasteiger partial charge in [0.15, 0.2) is 11.5 Å². The van der Waals surface area contributed by atoms with Gasteiger partial charge in [-0.15, -0.1) is 0 Å². The predicted octanol–water partition coefficient (Wildman–Crippen LogP) is 2.82. The number of anilines is 2. The van der Waals surface area contributed by atoms with Gasteiger partial charge in [0.25, 0.3) is 0 Å². The molecule has 0 aliphatic carbocycles. The van der Waals surface area contributed by atoms with E-state index in [9.17, 15) is 4.39 Å². The van der Waals surface area contributed by atoms with E-state index in [2.05, 4.69) is 0 Å². The van der Waals surface area contributed by atoms with Gasteiger partial charge in [0.2, 0.25) is 0 Å². The first-order chi connectivity index (χ1) is 10.1. The van der Waals surface area contributed by atoms with Gasteiger partial charge < -0.3 is 20.1 Å². The summed E-state index contributed by atoms with van der Waals surface area (Å²) < 4.78 is 24.3. The Bertz CT molecular complexity index is 661. The number of rotatable bonds is 3. The summed E-state index contributed by atoms with van der Waals surface area (Å²) in [5, 5.41) is 0. The average molecular weight is 288 g/mol. The van der Waals surface area contributed by atoms with Gasteiger partial charge in [0.1, 0.15) is 19.0 Å². The molecule has 0 saturated heterocycles. The third-order valence-corrected chi connectivity index (χ3v) is 3.41. The molecule has 0 saturated carbocycles. The van der Waals surface area contributed by atoms with Crippen LogP contribution in [0.2, 0.25) is 0 Å². The lowest BCUT2D eigenvalue weighted by atomic mass is 10.1. The van der Waals surface area contributed by atoms with Crippen LogP contribution in [0.1, 0.15) is 5.56 Å². The Morgan fingerprint density at radius 3 is 2.57 bits per heavy atom. The molecule has 2 N–H and O–H groups in total. The maximum Gasteiger partial charge on any atom is 0.163 e. The van der Waals surface area contributed by atoms with Crippen LogP contribution in [0.15, 0.2) is 36.4 Å². The molecule has 0 spiro atoms. The minimum absolute atomic E-state index is 0.240. The summed E-state index contributed by atoms with van der Waals surface area (Å²) in [6.07, 6.45) is 0. The van der Waals surface area contributed by atoms with Gasteiger partial charge in [-0.1, -0.05) is 12.1 Å². The number of fused-ring (bicyclic) bond motifs is 1. The van der Waals surface area contributed by atoms with Gasteiger partial charge in [-0.05, 0) is 17.7 Å². The van der Waals surface area contributed by atoms with Crippen molar-refractivity contribution in [2.45, 2.75) is 6.54 Å². The molecule has 0 radical (unpaired) electrons. The van der Waals surface area contributed by atoms with Crippen molar-refractivity contribution in [1.82, 2.24) is 0 Å². The van der Waals surface area contributed by atoms with Crippen LogP contribution >= 0.6 is 0 Å². The lowest BCUT2D eigenvalue weighted by Crippen LogP contribution is -2.20. The minimum Gasteiger partial charge on any atom is -0.486 e. The molecule has 2 aromatic carbocycles. The van der Waals surface area contributed by atoms with Crippen LogP contribution in [0.25, 0.3) is 0 Å². The lowest BCUT2D eigenvalue weighted by Gasteiger charge is -2.25. The summed E-state index contributed by atoms with van der Waals surface area (Å²) >= 11 is 0. The SMILES string of the molecule is CN(Cc1cccc(F)c1)c1cc2c(cc1N)OCCO2. The van der Waals surface area contributed by atoms with Crippen molar-refractivity contribution in [2.24, 2.45) is 0 Å². The zero-order valence-corrected chi connectivity index (χ0v) is 11.8. The Morgan fingerprint density at radius 1 is 1.14 bits per heavy atom. The highest BCUT2D eigenvalue weighted by Crippen LogP contribution is 2.38. The topological polar surface area (TPSA) is 47.7 Å². The van der Waals surface area contributed by atoms with E-state index >= 15 is 0 Å². The van der Waals surface area contributed by atoms with E-state index in [0.717, 1.165) is 11.3 Å². The molecular weight excluding hydrogens is 271 g/mol. The molecule has 21 heavy (non-hydrogen) atoms. The van der Waals surface area contributed by atoms with E-state index in [4.69, 9.17) is 15.2 Å². The van der Waals surface area contributed by atoms with Gasteiger partial charge in [-0.3, -0.25) is 0 Å². The second-order valence-corrected chi connectivity index (χ2v) is 5.04. The Balaban J connectivity index is 1.85. The largest absolute Gasteiger partial charge is 0.486 e. The molecule has 1 heterocycles. The van der Waals surface area contributed by atoms with Gasteiger partial charge in [0.05, 0.1) is 11.4 Å². The summed E-state index contributed by atoms with van der Waals surface area (Å²) in [7, 11) is 1.91. The molecule has 0 unspecified atom stereocenters. The maximum atomic E-state index is 13.2. The quantitative estimate of drug-likeness (QED) is 0.882. The van der Waals surface area contributed by atoms with E-state index in [1.54, 1.807) is 12.1 Å². The Labute approximate surface area is 122 Å². The molecule has 0 atom stereocenters. The molecular formula is C16H17FN2O2. The fourth-order valence-electron chi connectivity index (χ4n) is 2.42. The monoisotopic (exact) mass is 288 g/mol. The molecule has 5 heteroatoms. The lowest BCUT2D eigenvalue weighted by molar-refractivity contribution is 0.172. The Kier molecular flexibility index (Phi) is 3.56. The molecule has 0 aromatic heterocycles. The van der Waals surface area contributed by atoms with E-state index in [1.807, 2.05) is 24.1 Å². The maximum absolute atomic E-state index is 13.2. The van der Waals surface area contributed by atoms with Crippen LogP contribution in [0.5, 0.6) is 11.5 Å². The zero-order valence-electron chi connectivity index (χ0n) is 11.8. The molecule has 3 rings (SSSR count). The normalized spacial score (nSPS) is 13.0. The first-order valence-corrected chi connectivity index (χ1v) is 6.78. The summed E-state index contributed by atoms with van der Waals surface area (Å²) in [6, 6.07) is 10.2. The van der Waals surface area contributed by atoms with Crippen molar-refractivity contribution >= 4 is 11.4 Å². The number of nitrogen functional groups attached to an aromatic ring is 1. The smallest absolute Gasteiger partial charge is 0.163 e. The second kappa shape index (κ2) is 5.52. The fourth-order valence-corrected chi connectivity index (χ4v) is 2.42. The summed E-state index contributed by atoms with van der Waals surface area (Å²) in [6.45, 7) is 1.62. The molecule has 1 aliphatic heterocycles. The zero-order chi connectivity index (χ0) is 14.8. The van der Waals surface area contributed by atoms with Crippen LogP contribution in [0.4, 0.5) is 15.8 Å². The van der Waals surface area contributed by atoms with Crippen molar-refractivity contribution in [3.63, 3.8) is 0 Å². The number of ether oxygens (including phenoxy) is 2. The van der Waals surface area contributed by atoms with Crippen molar-refractivity contribution in [2.75, 3.05) is 30.9 Å². The Hall–Kier alpha value is -2.43. The average Bonchev–Trinajstić information content (AvgIpc) is 2.46. The molecule has 110 valence electrons. The summed E-state index contributed by atoms with van der Waals surface area (Å²) in [5.74, 6) is 1.12. The fraction of sp³-hybridized carbons (Fsp3) is 0.250.